The van der Waals surface area contributed by atoms with Gasteiger partial charge in [-0.2, -0.15) is 0 Å². The Kier molecular flexibility index (Phi) is 4.86. The summed E-state index contributed by atoms with van der Waals surface area (Å²) in [7, 11) is -0.418. The Hall–Kier alpha value is -1.18. The van der Waals surface area contributed by atoms with Crippen molar-refractivity contribution in [1.82, 2.24) is 9.29 Å². The lowest BCUT2D eigenvalue weighted by molar-refractivity contribution is 0.275. The second kappa shape index (κ2) is 5.95. The fourth-order valence-electron chi connectivity index (χ4n) is 1.37. The largest absolute Gasteiger partial charge is 0.396 e. The topological polar surface area (TPSA) is 82.5 Å². The van der Waals surface area contributed by atoms with Gasteiger partial charge in [0.2, 0.25) is 10.0 Å². The maximum atomic E-state index is 12.2. The number of pyridine rings is 1. The molecule has 0 aliphatic carbocycles. The highest BCUT2D eigenvalue weighted by atomic mass is 32.2. The molecular weight excluding hydrogens is 242 g/mol. The molecule has 0 aromatic carbocycles. The predicted molar refractivity (Wildman–Crippen MR) is 65.3 cm³/mol. The van der Waals surface area contributed by atoms with Gasteiger partial charge in [0.1, 0.15) is 4.90 Å². The molecule has 17 heavy (non-hydrogen) atoms. The molecule has 0 unspecified atom stereocenters. The van der Waals surface area contributed by atoms with E-state index in [4.69, 9.17) is 5.11 Å². The first-order chi connectivity index (χ1) is 8.04. The molecule has 0 amide bonds. The minimum Gasteiger partial charge on any atom is -0.396 e. The number of nitrogens with one attached hydrogen (secondary N) is 1. The zero-order valence-corrected chi connectivity index (χ0v) is 10.7. The molecule has 6 nitrogen and oxygen atoms in total. The lowest BCUT2D eigenvalue weighted by atomic mass is 10.4. The van der Waals surface area contributed by atoms with E-state index in [0.29, 0.717) is 12.1 Å². The number of rotatable bonds is 6. The Balaban J connectivity index is 3.04. The lowest BCUT2D eigenvalue weighted by Gasteiger charge is -2.18. The molecule has 2 N–H and O–H groups in total. The molecule has 0 saturated heterocycles. The first-order valence-corrected chi connectivity index (χ1v) is 6.67. The van der Waals surface area contributed by atoms with Gasteiger partial charge >= 0.3 is 0 Å². The van der Waals surface area contributed by atoms with Crippen LogP contribution in [0.15, 0.2) is 23.4 Å². The predicted octanol–water partition coefficient (Wildman–Crippen LogP) is 0.126. The molecule has 0 bridgehead atoms. The quantitative estimate of drug-likeness (QED) is 0.758. The number of nitrogens with zero attached hydrogens (tertiary/aromatic N) is 2. The van der Waals surface area contributed by atoms with Crippen molar-refractivity contribution in [3.05, 3.63) is 18.5 Å². The standard InChI is InChI=1S/C10H17N3O3S/c1-11-9-4-5-12-8-10(9)17(15,16)13(2)6-3-7-14/h4-5,8,14H,3,6-7H2,1-2H3,(H,11,12). The summed E-state index contributed by atoms with van der Waals surface area (Å²) in [6, 6.07) is 1.60. The van der Waals surface area contributed by atoms with Gasteiger partial charge in [-0.3, -0.25) is 4.98 Å². The van der Waals surface area contributed by atoms with Crippen molar-refractivity contribution in [2.45, 2.75) is 11.3 Å². The Labute approximate surface area is 101 Å². The van der Waals surface area contributed by atoms with Gasteiger partial charge in [-0.25, -0.2) is 12.7 Å². The van der Waals surface area contributed by atoms with Crippen LogP contribution in [0, 0.1) is 0 Å². The van der Waals surface area contributed by atoms with Gasteiger partial charge in [-0.1, -0.05) is 0 Å². The summed E-state index contributed by atoms with van der Waals surface area (Å²) in [6.45, 7) is 0.239. The van der Waals surface area contributed by atoms with Gasteiger partial charge in [0.25, 0.3) is 0 Å². The van der Waals surface area contributed by atoms with Gasteiger partial charge in [0.05, 0.1) is 5.69 Å². The van der Waals surface area contributed by atoms with Crippen molar-refractivity contribution in [3.63, 3.8) is 0 Å². The number of sulfonamides is 1. The highest BCUT2D eigenvalue weighted by Crippen LogP contribution is 2.22. The Morgan fingerprint density at radius 2 is 2.24 bits per heavy atom. The molecule has 0 aliphatic heterocycles. The summed E-state index contributed by atoms with van der Waals surface area (Å²) in [5.74, 6) is 0. The molecule has 1 heterocycles. The van der Waals surface area contributed by atoms with Crippen LogP contribution in [0.3, 0.4) is 0 Å². The van der Waals surface area contributed by atoms with Crippen LogP contribution in [0.25, 0.3) is 0 Å². The molecule has 96 valence electrons. The summed E-state index contributed by atoms with van der Waals surface area (Å²) >= 11 is 0. The van der Waals surface area contributed by atoms with Crippen LogP contribution in [0.2, 0.25) is 0 Å². The molecule has 0 spiro atoms. The highest BCUT2D eigenvalue weighted by Gasteiger charge is 2.23. The van der Waals surface area contributed by atoms with Crippen molar-refractivity contribution in [2.24, 2.45) is 0 Å². The van der Waals surface area contributed by atoms with Gasteiger partial charge < -0.3 is 10.4 Å². The summed E-state index contributed by atoms with van der Waals surface area (Å²) in [6.07, 6.45) is 3.25. The monoisotopic (exact) mass is 259 g/mol. The van der Waals surface area contributed by atoms with E-state index in [9.17, 15) is 8.42 Å². The summed E-state index contributed by atoms with van der Waals surface area (Å²) < 4.78 is 25.6. The molecule has 0 fully saturated rings. The number of aromatic nitrogens is 1. The van der Waals surface area contributed by atoms with Crippen molar-refractivity contribution < 1.29 is 13.5 Å². The van der Waals surface area contributed by atoms with Crippen molar-refractivity contribution in [3.8, 4) is 0 Å². The third-order valence-corrected chi connectivity index (χ3v) is 4.26. The van der Waals surface area contributed by atoms with Crippen molar-refractivity contribution in [1.29, 1.82) is 0 Å². The third kappa shape index (κ3) is 3.15. The van der Waals surface area contributed by atoms with Gasteiger partial charge in [-0.05, 0) is 12.5 Å². The average Bonchev–Trinajstić information content (AvgIpc) is 2.35. The molecule has 0 saturated carbocycles. The van der Waals surface area contributed by atoms with Crippen LogP contribution in [-0.4, -0.2) is 50.1 Å². The number of hydrogen-bond donors (Lipinski definition) is 2. The Bertz CT molecular complexity index is 462. The number of aliphatic hydroxyl groups excluding tert-OH is 1. The average molecular weight is 259 g/mol. The highest BCUT2D eigenvalue weighted by molar-refractivity contribution is 7.89. The normalized spacial score (nSPS) is 11.8. The van der Waals surface area contributed by atoms with E-state index in [-0.39, 0.29) is 18.0 Å². The zero-order chi connectivity index (χ0) is 12.9. The van der Waals surface area contributed by atoms with Crippen LogP contribution in [0.4, 0.5) is 5.69 Å². The van der Waals surface area contributed by atoms with Crippen molar-refractivity contribution >= 4 is 15.7 Å². The first kappa shape index (κ1) is 13.9. The van der Waals surface area contributed by atoms with Crippen molar-refractivity contribution in [2.75, 3.05) is 32.6 Å². The first-order valence-electron chi connectivity index (χ1n) is 5.23. The van der Waals surface area contributed by atoms with Crippen LogP contribution in [0.1, 0.15) is 6.42 Å². The van der Waals surface area contributed by atoms with E-state index in [0.717, 1.165) is 0 Å². The molecule has 0 radical (unpaired) electrons. The SMILES string of the molecule is CNc1ccncc1S(=O)(=O)N(C)CCCO. The number of aliphatic hydroxyl groups is 1. The molecule has 1 aromatic heterocycles. The smallest absolute Gasteiger partial charge is 0.246 e. The fourth-order valence-corrected chi connectivity index (χ4v) is 2.72. The minimum absolute atomic E-state index is 0.0359. The number of anilines is 1. The van der Waals surface area contributed by atoms with E-state index < -0.39 is 10.0 Å². The van der Waals surface area contributed by atoms with Gasteiger partial charge in [-0.15, -0.1) is 0 Å². The summed E-state index contributed by atoms with van der Waals surface area (Å²) in [5.41, 5.74) is 0.510. The third-order valence-electron chi connectivity index (χ3n) is 2.37. The molecule has 1 rings (SSSR count). The summed E-state index contributed by atoms with van der Waals surface area (Å²) in [4.78, 5) is 3.97. The minimum atomic E-state index is -3.56. The molecular formula is C10H17N3O3S. The molecule has 1 aromatic rings. The van der Waals surface area contributed by atoms with E-state index >= 15 is 0 Å². The van der Waals surface area contributed by atoms with Gasteiger partial charge in [0, 0.05) is 39.6 Å². The van der Waals surface area contributed by atoms with Crippen LogP contribution < -0.4 is 5.32 Å². The summed E-state index contributed by atoms with van der Waals surface area (Å²) in [5, 5.41) is 11.5. The Morgan fingerprint density at radius 3 is 2.82 bits per heavy atom. The van der Waals surface area contributed by atoms with E-state index in [1.807, 2.05) is 0 Å². The number of hydrogen-bond acceptors (Lipinski definition) is 5. The molecule has 7 heteroatoms. The molecule has 0 atom stereocenters. The second-order valence-electron chi connectivity index (χ2n) is 3.53. The fraction of sp³-hybridized carbons (Fsp3) is 0.500. The lowest BCUT2D eigenvalue weighted by Crippen LogP contribution is -2.29. The van der Waals surface area contributed by atoms with Crippen LogP contribution in [0.5, 0.6) is 0 Å². The van der Waals surface area contributed by atoms with Crippen LogP contribution >= 0.6 is 0 Å². The van der Waals surface area contributed by atoms with Crippen LogP contribution in [-0.2, 0) is 10.0 Å². The van der Waals surface area contributed by atoms with E-state index in [2.05, 4.69) is 10.3 Å². The Morgan fingerprint density at radius 1 is 1.53 bits per heavy atom. The van der Waals surface area contributed by atoms with E-state index in [1.54, 1.807) is 13.1 Å². The zero-order valence-electron chi connectivity index (χ0n) is 9.92. The maximum Gasteiger partial charge on any atom is 0.246 e. The molecule has 0 aliphatic rings. The van der Waals surface area contributed by atoms with Gasteiger partial charge in [0.15, 0.2) is 0 Å². The van der Waals surface area contributed by atoms with E-state index in [1.165, 1.54) is 23.7 Å². The second-order valence-corrected chi connectivity index (χ2v) is 5.54. The maximum absolute atomic E-state index is 12.2.